The lowest BCUT2D eigenvalue weighted by Gasteiger charge is -2.20. The summed E-state index contributed by atoms with van der Waals surface area (Å²) in [5.74, 6) is 0. The molecule has 0 unspecified atom stereocenters. The van der Waals surface area contributed by atoms with Crippen molar-refractivity contribution < 1.29 is 4.42 Å². The van der Waals surface area contributed by atoms with E-state index < -0.39 is 0 Å². The van der Waals surface area contributed by atoms with Crippen molar-refractivity contribution in [1.29, 1.82) is 0 Å². The van der Waals surface area contributed by atoms with Crippen LogP contribution in [0.3, 0.4) is 0 Å². The summed E-state index contributed by atoms with van der Waals surface area (Å²) in [4.78, 5) is 6.63. The van der Waals surface area contributed by atoms with Gasteiger partial charge in [0.1, 0.15) is 5.52 Å². The van der Waals surface area contributed by atoms with Gasteiger partial charge in [0, 0.05) is 19.1 Å². The molecular weight excluding hydrogens is 214 g/mol. The Bertz CT molecular complexity index is 445. The first-order valence-electron chi connectivity index (χ1n) is 5.96. The highest BCUT2D eigenvalue weighted by Crippen LogP contribution is 2.17. The zero-order valence-electron chi connectivity index (χ0n) is 10.6. The normalized spacial score (nSPS) is 11.6. The molecule has 0 amide bonds. The lowest BCUT2D eigenvalue weighted by molar-refractivity contribution is 0.284. The number of hydrogen-bond acceptors (Lipinski definition) is 4. The van der Waals surface area contributed by atoms with E-state index in [-0.39, 0.29) is 0 Å². The molecule has 4 nitrogen and oxygen atoms in total. The molecule has 1 aromatic carbocycles. The number of nitrogens with zero attached hydrogens (tertiary/aromatic N) is 2. The summed E-state index contributed by atoms with van der Waals surface area (Å²) in [7, 11) is 2.11. The van der Waals surface area contributed by atoms with Crippen LogP contribution in [0.15, 0.2) is 28.7 Å². The van der Waals surface area contributed by atoms with E-state index in [0.717, 1.165) is 24.2 Å². The van der Waals surface area contributed by atoms with Gasteiger partial charge in [0.05, 0.1) is 0 Å². The number of rotatable bonds is 5. The molecule has 1 heterocycles. The fraction of sp³-hybridized carbons (Fsp3) is 0.462. The standard InChI is InChI=1S/C13H19N3O/c1-10(2)16(3)9-8-14-13-15-11-6-4-5-7-12(11)17-13/h4-7,10H,8-9H2,1-3H3,(H,14,15). The van der Waals surface area contributed by atoms with Crippen LogP contribution in [-0.4, -0.2) is 36.1 Å². The Morgan fingerprint density at radius 2 is 2.12 bits per heavy atom. The second-order valence-electron chi connectivity index (χ2n) is 4.49. The molecule has 17 heavy (non-hydrogen) atoms. The first-order chi connectivity index (χ1) is 8.16. The number of anilines is 1. The Morgan fingerprint density at radius 3 is 2.82 bits per heavy atom. The predicted molar refractivity (Wildman–Crippen MR) is 70.3 cm³/mol. The van der Waals surface area contributed by atoms with E-state index in [2.05, 4.69) is 36.1 Å². The Balaban J connectivity index is 1.91. The maximum atomic E-state index is 5.57. The van der Waals surface area contributed by atoms with Crippen molar-refractivity contribution in [3.05, 3.63) is 24.3 Å². The van der Waals surface area contributed by atoms with Crippen LogP contribution < -0.4 is 5.32 Å². The molecule has 1 aromatic heterocycles. The third-order valence-electron chi connectivity index (χ3n) is 2.92. The highest BCUT2D eigenvalue weighted by molar-refractivity contribution is 5.74. The molecule has 0 fully saturated rings. The average Bonchev–Trinajstić information content (AvgIpc) is 2.71. The van der Waals surface area contributed by atoms with Crippen molar-refractivity contribution in [1.82, 2.24) is 9.88 Å². The Hall–Kier alpha value is -1.55. The van der Waals surface area contributed by atoms with Gasteiger partial charge in [0.25, 0.3) is 6.01 Å². The second kappa shape index (κ2) is 5.19. The molecule has 0 spiro atoms. The molecule has 0 saturated carbocycles. The monoisotopic (exact) mass is 233 g/mol. The Labute approximate surface area is 102 Å². The minimum atomic E-state index is 0.556. The molecule has 2 aromatic rings. The van der Waals surface area contributed by atoms with E-state index in [4.69, 9.17) is 4.42 Å². The molecule has 0 atom stereocenters. The molecule has 0 radical (unpaired) electrons. The van der Waals surface area contributed by atoms with Gasteiger partial charge < -0.3 is 14.6 Å². The molecule has 0 aliphatic carbocycles. The highest BCUT2D eigenvalue weighted by atomic mass is 16.4. The van der Waals surface area contributed by atoms with Gasteiger partial charge in [-0.05, 0) is 33.0 Å². The summed E-state index contributed by atoms with van der Waals surface area (Å²) in [5, 5.41) is 3.20. The van der Waals surface area contributed by atoms with Crippen molar-refractivity contribution in [3.8, 4) is 0 Å². The third-order valence-corrected chi connectivity index (χ3v) is 2.92. The van der Waals surface area contributed by atoms with Crippen molar-refractivity contribution in [3.63, 3.8) is 0 Å². The van der Waals surface area contributed by atoms with E-state index in [9.17, 15) is 0 Å². The molecule has 0 saturated heterocycles. The second-order valence-corrected chi connectivity index (χ2v) is 4.49. The largest absolute Gasteiger partial charge is 0.424 e. The van der Waals surface area contributed by atoms with Gasteiger partial charge in [0.15, 0.2) is 5.58 Å². The van der Waals surface area contributed by atoms with Crippen molar-refractivity contribution >= 4 is 17.1 Å². The number of benzene rings is 1. The van der Waals surface area contributed by atoms with Crippen molar-refractivity contribution in [2.24, 2.45) is 0 Å². The summed E-state index contributed by atoms with van der Waals surface area (Å²) in [6.45, 7) is 6.16. The SMILES string of the molecule is CC(C)N(C)CCNc1nc2ccccc2o1. The maximum absolute atomic E-state index is 5.57. The maximum Gasteiger partial charge on any atom is 0.295 e. The smallest absolute Gasteiger partial charge is 0.295 e. The number of aromatic nitrogens is 1. The van der Waals surface area contributed by atoms with Crippen LogP contribution in [0, 0.1) is 0 Å². The zero-order chi connectivity index (χ0) is 12.3. The number of fused-ring (bicyclic) bond motifs is 1. The van der Waals surface area contributed by atoms with Gasteiger partial charge in [-0.15, -0.1) is 0 Å². The number of oxazole rings is 1. The van der Waals surface area contributed by atoms with E-state index in [1.54, 1.807) is 0 Å². The molecule has 92 valence electrons. The predicted octanol–water partition coefficient (Wildman–Crippen LogP) is 2.58. The molecule has 1 N–H and O–H groups in total. The van der Waals surface area contributed by atoms with Crippen LogP contribution in [-0.2, 0) is 0 Å². The van der Waals surface area contributed by atoms with Crippen LogP contribution in [0.5, 0.6) is 0 Å². The van der Waals surface area contributed by atoms with Gasteiger partial charge in [-0.25, -0.2) is 0 Å². The molecule has 0 aliphatic rings. The number of hydrogen-bond donors (Lipinski definition) is 1. The highest BCUT2D eigenvalue weighted by Gasteiger charge is 2.05. The van der Waals surface area contributed by atoms with Crippen molar-refractivity contribution in [2.45, 2.75) is 19.9 Å². The van der Waals surface area contributed by atoms with Crippen LogP contribution in [0.2, 0.25) is 0 Å². The van der Waals surface area contributed by atoms with Crippen LogP contribution >= 0.6 is 0 Å². The fourth-order valence-corrected chi connectivity index (χ4v) is 1.55. The van der Waals surface area contributed by atoms with Crippen LogP contribution in [0.25, 0.3) is 11.1 Å². The van der Waals surface area contributed by atoms with E-state index in [0.29, 0.717) is 12.1 Å². The summed E-state index contributed by atoms with van der Waals surface area (Å²) < 4.78 is 5.57. The Kier molecular flexibility index (Phi) is 3.64. The van der Waals surface area contributed by atoms with Crippen LogP contribution in [0.4, 0.5) is 6.01 Å². The van der Waals surface area contributed by atoms with Gasteiger partial charge in [0.2, 0.25) is 0 Å². The lowest BCUT2D eigenvalue weighted by Crippen LogP contribution is -2.31. The Morgan fingerprint density at radius 1 is 1.35 bits per heavy atom. The summed E-state index contributed by atoms with van der Waals surface area (Å²) >= 11 is 0. The van der Waals surface area contributed by atoms with Gasteiger partial charge in [-0.1, -0.05) is 12.1 Å². The summed E-state index contributed by atoms with van der Waals surface area (Å²) in [6, 6.07) is 8.94. The quantitative estimate of drug-likeness (QED) is 0.861. The molecule has 0 aliphatic heterocycles. The van der Waals surface area contributed by atoms with Gasteiger partial charge in [-0.3, -0.25) is 0 Å². The van der Waals surface area contributed by atoms with E-state index >= 15 is 0 Å². The van der Waals surface area contributed by atoms with Crippen LogP contribution in [0.1, 0.15) is 13.8 Å². The lowest BCUT2D eigenvalue weighted by atomic mass is 10.3. The molecule has 0 bridgehead atoms. The average molecular weight is 233 g/mol. The number of likely N-dealkylation sites (N-methyl/N-ethyl adjacent to an activating group) is 1. The van der Waals surface area contributed by atoms with E-state index in [1.807, 2.05) is 24.3 Å². The third kappa shape index (κ3) is 2.97. The fourth-order valence-electron chi connectivity index (χ4n) is 1.55. The summed E-state index contributed by atoms with van der Waals surface area (Å²) in [5.41, 5.74) is 1.72. The molecule has 2 rings (SSSR count). The molecular formula is C13H19N3O. The van der Waals surface area contributed by atoms with E-state index in [1.165, 1.54) is 0 Å². The first-order valence-corrected chi connectivity index (χ1v) is 5.96. The first kappa shape index (κ1) is 11.9. The minimum absolute atomic E-state index is 0.556. The number of nitrogens with one attached hydrogen (secondary N) is 1. The topological polar surface area (TPSA) is 41.3 Å². The number of para-hydroxylation sites is 2. The van der Waals surface area contributed by atoms with Gasteiger partial charge in [-0.2, -0.15) is 4.98 Å². The van der Waals surface area contributed by atoms with Gasteiger partial charge >= 0.3 is 0 Å². The minimum Gasteiger partial charge on any atom is -0.424 e. The molecule has 4 heteroatoms. The van der Waals surface area contributed by atoms with Crippen molar-refractivity contribution in [2.75, 3.05) is 25.5 Å². The summed E-state index contributed by atoms with van der Waals surface area (Å²) in [6.07, 6.45) is 0. The zero-order valence-corrected chi connectivity index (χ0v) is 10.6.